The summed E-state index contributed by atoms with van der Waals surface area (Å²) in [7, 11) is -3.60. The van der Waals surface area contributed by atoms with E-state index < -0.39 is 14.9 Å². The number of rotatable bonds is 6. The first-order chi connectivity index (χ1) is 10.4. The van der Waals surface area contributed by atoms with Crippen molar-refractivity contribution in [2.45, 2.75) is 13.3 Å². The van der Waals surface area contributed by atoms with Gasteiger partial charge < -0.3 is 0 Å². The molecule has 0 spiro atoms. The monoisotopic (exact) mass is 321 g/mol. The molecule has 0 aliphatic heterocycles. The van der Waals surface area contributed by atoms with E-state index in [0.717, 1.165) is 5.56 Å². The molecule has 22 heavy (non-hydrogen) atoms. The highest BCUT2D eigenvalue weighted by atomic mass is 32.2. The van der Waals surface area contributed by atoms with E-state index in [-0.39, 0.29) is 17.9 Å². The van der Waals surface area contributed by atoms with Gasteiger partial charge in [-0.15, -0.1) is 0 Å². The van der Waals surface area contributed by atoms with Crippen molar-refractivity contribution in [2.24, 2.45) is 0 Å². The van der Waals surface area contributed by atoms with Crippen LogP contribution in [0.1, 0.15) is 11.1 Å². The predicted molar refractivity (Wildman–Crippen MR) is 83.2 cm³/mol. The molecule has 0 atom stereocenters. The molecule has 1 aromatic heterocycles. The smallest absolute Gasteiger partial charge is 0.272 e. The molecule has 2 aromatic rings. The van der Waals surface area contributed by atoms with Crippen molar-refractivity contribution >= 4 is 21.4 Å². The number of hydrogen-bond acceptors (Lipinski definition) is 5. The summed E-state index contributed by atoms with van der Waals surface area (Å²) < 4.78 is 26.5. The predicted octanol–water partition coefficient (Wildman–Crippen LogP) is 2.28. The SMILES string of the molecule is Cc1cncc(NS(=O)(=O)CCc2ccccc2[N+](=O)[O-])c1. The van der Waals surface area contributed by atoms with E-state index in [9.17, 15) is 18.5 Å². The zero-order chi connectivity index (χ0) is 16.2. The number of sulfonamides is 1. The summed E-state index contributed by atoms with van der Waals surface area (Å²) in [5, 5.41) is 10.9. The van der Waals surface area contributed by atoms with Gasteiger partial charge in [-0.2, -0.15) is 0 Å². The average molecular weight is 321 g/mol. The van der Waals surface area contributed by atoms with E-state index in [1.54, 1.807) is 37.4 Å². The standard InChI is InChI=1S/C14H15N3O4S/c1-11-8-13(10-15-9-11)16-22(20,21)7-6-12-4-2-3-5-14(12)17(18)19/h2-5,8-10,16H,6-7H2,1H3. The van der Waals surface area contributed by atoms with Gasteiger partial charge in [-0.05, 0) is 25.0 Å². The van der Waals surface area contributed by atoms with Crippen molar-refractivity contribution in [1.29, 1.82) is 0 Å². The Morgan fingerprint density at radius 3 is 2.68 bits per heavy atom. The molecule has 1 heterocycles. The van der Waals surface area contributed by atoms with Crippen LogP contribution in [0.5, 0.6) is 0 Å². The quantitative estimate of drug-likeness (QED) is 0.649. The number of nitro benzene ring substituents is 1. The van der Waals surface area contributed by atoms with Gasteiger partial charge in [0, 0.05) is 17.8 Å². The zero-order valence-electron chi connectivity index (χ0n) is 11.9. The van der Waals surface area contributed by atoms with Crippen LogP contribution >= 0.6 is 0 Å². The Morgan fingerprint density at radius 2 is 2.00 bits per heavy atom. The minimum absolute atomic E-state index is 0.0612. The first-order valence-corrected chi connectivity index (χ1v) is 8.17. The van der Waals surface area contributed by atoms with Crippen molar-refractivity contribution in [3.63, 3.8) is 0 Å². The molecule has 2 rings (SSSR count). The van der Waals surface area contributed by atoms with Gasteiger partial charge in [0.2, 0.25) is 10.0 Å². The molecule has 0 aliphatic carbocycles. The van der Waals surface area contributed by atoms with Crippen molar-refractivity contribution in [3.05, 3.63) is 64.0 Å². The van der Waals surface area contributed by atoms with Crippen LogP contribution < -0.4 is 4.72 Å². The molecule has 0 bridgehead atoms. The molecule has 1 aromatic carbocycles. The lowest BCUT2D eigenvalue weighted by Gasteiger charge is -2.08. The first kappa shape index (κ1) is 15.9. The maximum Gasteiger partial charge on any atom is 0.272 e. The molecular formula is C14H15N3O4S. The summed E-state index contributed by atoms with van der Waals surface area (Å²) in [5.41, 5.74) is 1.52. The van der Waals surface area contributed by atoms with Gasteiger partial charge in [0.05, 0.1) is 22.6 Å². The van der Waals surface area contributed by atoms with E-state index in [2.05, 4.69) is 9.71 Å². The second-order valence-electron chi connectivity index (χ2n) is 4.81. The molecule has 7 nitrogen and oxygen atoms in total. The van der Waals surface area contributed by atoms with Gasteiger partial charge >= 0.3 is 0 Å². The third-order valence-corrected chi connectivity index (χ3v) is 4.27. The Hall–Kier alpha value is -2.48. The highest BCUT2D eigenvalue weighted by Gasteiger charge is 2.16. The Labute approximate surface area is 128 Å². The fourth-order valence-corrected chi connectivity index (χ4v) is 3.05. The van der Waals surface area contributed by atoms with Crippen LogP contribution in [-0.2, 0) is 16.4 Å². The van der Waals surface area contributed by atoms with E-state index >= 15 is 0 Å². The second-order valence-corrected chi connectivity index (χ2v) is 6.65. The number of anilines is 1. The Kier molecular flexibility index (Phi) is 4.71. The molecule has 0 saturated carbocycles. The van der Waals surface area contributed by atoms with Gasteiger partial charge in [-0.1, -0.05) is 18.2 Å². The van der Waals surface area contributed by atoms with Crippen LogP contribution in [0, 0.1) is 17.0 Å². The zero-order valence-corrected chi connectivity index (χ0v) is 12.7. The van der Waals surface area contributed by atoms with E-state index in [1.165, 1.54) is 12.3 Å². The summed E-state index contributed by atoms with van der Waals surface area (Å²) in [4.78, 5) is 14.3. The molecule has 0 aliphatic rings. The highest BCUT2D eigenvalue weighted by Crippen LogP contribution is 2.19. The fourth-order valence-electron chi connectivity index (χ4n) is 1.99. The molecule has 8 heteroatoms. The second kappa shape index (κ2) is 6.52. The van der Waals surface area contributed by atoms with Crippen LogP contribution in [0.4, 0.5) is 11.4 Å². The van der Waals surface area contributed by atoms with Crippen LogP contribution in [0.15, 0.2) is 42.7 Å². The third kappa shape index (κ3) is 4.26. The van der Waals surface area contributed by atoms with Crippen LogP contribution in [0.25, 0.3) is 0 Å². The largest absolute Gasteiger partial charge is 0.282 e. The lowest BCUT2D eigenvalue weighted by Crippen LogP contribution is -2.18. The number of benzene rings is 1. The van der Waals surface area contributed by atoms with E-state index in [0.29, 0.717) is 11.3 Å². The van der Waals surface area contributed by atoms with Gasteiger partial charge in [-0.3, -0.25) is 19.8 Å². The van der Waals surface area contributed by atoms with Crippen LogP contribution in [-0.4, -0.2) is 24.1 Å². The number of aromatic nitrogens is 1. The van der Waals surface area contributed by atoms with Crippen molar-refractivity contribution in [2.75, 3.05) is 10.5 Å². The minimum Gasteiger partial charge on any atom is -0.282 e. The number of nitrogens with zero attached hydrogens (tertiary/aromatic N) is 2. The summed E-state index contributed by atoms with van der Waals surface area (Å²) in [6.07, 6.45) is 3.09. The molecular weight excluding hydrogens is 306 g/mol. The molecule has 0 amide bonds. The number of nitrogens with one attached hydrogen (secondary N) is 1. The Balaban J connectivity index is 2.09. The Bertz CT molecular complexity index is 790. The number of hydrogen-bond donors (Lipinski definition) is 1. The molecule has 0 fully saturated rings. The van der Waals surface area contributed by atoms with Crippen LogP contribution in [0.2, 0.25) is 0 Å². The molecule has 0 radical (unpaired) electrons. The third-order valence-electron chi connectivity index (χ3n) is 2.98. The highest BCUT2D eigenvalue weighted by molar-refractivity contribution is 7.92. The maximum absolute atomic E-state index is 12.1. The topological polar surface area (TPSA) is 102 Å². The molecule has 0 unspecified atom stereocenters. The van der Waals surface area contributed by atoms with Crippen molar-refractivity contribution < 1.29 is 13.3 Å². The number of pyridine rings is 1. The lowest BCUT2D eigenvalue weighted by atomic mass is 10.1. The average Bonchev–Trinajstić information content (AvgIpc) is 2.45. The van der Waals surface area contributed by atoms with E-state index in [1.807, 2.05) is 0 Å². The number of nitro groups is 1. The number of para-hydroxylation sites is 1. The number of aryl methyl sites for hydroxylation is 2. The van der Waals surface area contributed by atoms with Crippen molar-refractivity contribution in [1.82, 2.24) is 4.98 Å². The summed E-state index contributed by atoms with van der Waals surface area (Å²) in [6, 6.07) is 7.77. The van der Waals surface area contributed by atoms with E-state index in [4.69, 9.17) is 0 Å². The summed E-state index contributed by atoms with van der Waals surface area (Å²) in [6.45, 7) is 1.80. The Morgan fingerprint density at radius 1 is 1.27 bits per heavy atom. The lowest BCUT2D eigenvalue weighted by molar-refractivity contribution is -0.385. The molecule has 116 valence electrons. The minimum atomic E-state index is -3.60. The molecule has 1 N–H and O–H groups in total. The van der Waals surface area contributed by atoms with Gasteiger partial charge in [0.25, 0.3) is 5.69 Å². The fraction of sp³-hybridized carbons (Fsp3) is 0.214. The summed E-state index contributed by atoms with van der Waals surface area (Å²) >= 11 is 0. The van der Waals surface area contributed by atoms with Gasteiger partial charge in [0.15, 0.2) is 0 Å². The van der Waals surface area contributed by atoms with Crippen molar-refractivity contribution in [3.8, 4) is 0 Å². The van der Waals surface area contributed by atoms with Crippen LogP contribution in [0.3, 0.4) is 0 Å². The molecule has 0 saturated heterocycles. The maximum atomic E-state index is 12.1. The van der Waals surface area contributed by atoms with Gasteiger partial charge in [0.1, 0.15) is 0 Å². The normalized spacial score (nSPS) is 11.1. The first-order valence-electron chi connectivity index (χ1n) is 6.52. The van der Waals surface area contributed by atoms with Gasteiger partial charge in [-0.25, -0.2) is 8.42 Å². The summed E-state index contributed by atoms with van der Waals surface area (Å²) in [5.74, 6) is -0.244.